The van der Waals surface area contributed by atoms with Crippen molar-refractivity contribution in [3.8, 4) is 5.88 Å². The minimum absolute atomic E-state index is 0.0479. The molecule has 142 valence electrons. The van der Waals surface area contributed by atoms with Crippen molar-refractivity contribution in [1.82, 2.24) is 19.5 Å². The second-order valence-corrected chi connectivity index (χ2v) is 7.61. The summed E-state index contributed by atoms with van der Waals surface area (Å²) in [6.07, 6.45) is 0.245. The molecule has 0 radical (unpaired) electrons. The van der Waals surface area contributed by atoms with E-state index >= 15 is 0 Å². The molecule has 4 rings (SSSR count). The number of aliphatic hydroxyl groups excluding tert-OH is 1. The van der Waals surface area contributed by atoms with Crippen LogP contribution in [0.2, 0.25) is 5.28 Å². The maximum absolute atomic E-state index is 9.81. The van der Waals surface area contributed by atoms with E-state index in [-0.39, 0.29) is 23.9 Å². The highest BCUT2D eigenvalue weighted by Gasteiger charge is 2.60. The Hall–Kier alpha value is -1.52. The second-order valence-electron chi connectivity index (χ2n) is 7.27. The van der Waals surface area contributed by atoms with Gasteiger partial charge in [-0.25, -0.2) is 4.98 Å². The van der Waals surface area contributed by atoms with Crippen LogP contribution in [0.4, 0.5) is 0 Å². The quantitative estimate of drug-likeness (QED) is 0.795. The summed E-state index contributed by atoms with van der Waals surface area (Å²) < 4.78 is 25.1. The third-order valence-corrected chi connectivity index (χ3v) is 5.15. The molecule has 2 saturated heterocycles. The van der Waals surface area contributed by atoms with E-state index in [0.29, 0.717) is 17.8 Å². The van der Waals surface area contributed by atoms with E-state index in [1.165, 1.54) is 7.11 Å². The van der Waals surface area contributed by atoms with Gasteiger partial charge in [-0.2, -0.15) is 9.97 Å². The van der Waals surface area contributed by atoms with Crippen LogP contribution in [0.15, 0.2) is 6.33 Å². The van der Waals surface area contributed by atoms with Gasteiger partial charge in [-0.05, 0) is 25.4 Å². The van der Waals surface area contributed by atoms with E-state index in [1.807, 2.05) is 20.8 Å². The zero-order valence-electron chi connectivity index (χ0n) is 15.0. The molecule has 1 N–H and O–H groups in total. The number of fused-ring (bicyclic) bond motifs is 2. The molecule has 0 spiro atoms. The summed E-state index contributed by atoms with van der Waals surface area (Å²) in [6.45, 7) is 5.91. The number of nitrogens with zero attached hydrogens (tertiary/aromatic N) is 4. The predicted molar refractivity (Wildman–Crippen MR) is 90.9 cm³/mol. The molecule has 2 fully saturated rings. The first kappa shape index (κ1) is 17.9. The molecule has 0 saturated carbocycles. The first-order valence-corrected chi connectivity index (χ1v) is 8.69. The number of hydrogen-bond acceptors (Lipinski definition) is 8. The number of halogens is 1. The fourth-order valence-electron chi connectivity index (χ4n) is 3.69. The summed E-state index contributed by atoms with van der Waals surface area (Å²) in [7, 11) is 1.49. The molecule has 0 bridgehead atoms. The topological polar surface area (TPSA) is 101 Å². The molecule has 2 aliphatic rings. The Morgan fingerprint density at radius 3 is 2.85 bits per heavy atom. The van der Waals surface area contributed by atoms with Gasteiger partial charge < -0.3 is 24.1 Å². The molecule has 2 aromatic heterocycles. The van der Waals surface area contributed by atoms with Gasteiger partial charge in [-0.3, -0.25) is 4.57 Å². The van der Waals surface area contributed by atoms with E-state index in [4.69, 9.17) is 30.5 Å². The second kappa shape index (κ2) is 6.00. The molecule has 9 nitrogen and oxygen atoms in total. The maximum Gasteiger partial charge on any atom is 0.246 e. The minimum Gasteiger partial charge on any atom is -0.479 e. The maximum atomic E-state index is 9.81. The summed E-state index contributed by atoms with van der Waals surface area (Å²) in [4.78, 5) is 12.7. The van der Waals surface area contributed by atoms with Crippen molar-refractivity contribution >= 4 is 22.8 Å². The van der Waals surface area contributed by atoms with Crippen LogP contribution in [0.5, 0.6) is 5.88 Å². The number of imidazole rings is 1. The van der Waals surface area contributed by atoms with Gasteiger partial charge in [0.1, 0.15) is 18.4 Å². The van der Waals surface area contributed by atoms with Crippen molar-refractivity contribution in [2.75, 3.05) is 20.3 Å². The number of aliphatic hydroxyl groups is 1. The summed E-state index contributed by atoms with van der Waals surface area (Å²) in [5.74, 6) is -0.462. The lowest BCUT2D eigenvalue weighted by Crippen LogP contribution is -2.54. The Balaban J connectivity index is 1.81. The molecular weight excluding hydrogens is 364 g/mol. The van der Waals surface area contributed by atoms with E-state index in [9.17, 15) is 5.11 Å². The highest BCUT2D eigenvalue weighted by atomic mass is 35.5. The van der Waals surface area contributed by atoms with Gasteiger partial charge in [-0.15, -0.1) is 0 Å². The van der Waals surface area contributed by atoms with Crippen LogP contribution in [0.25, 0.3) is 11.2 Å². The zero-order chi connectivity index (χ0) is 18.7. The van der Waals surface area contributed by atoms with E-state index < -0.39 is 23.5 Å². The molecule has 0 aliphatic carbocycles. The SMILES string of the molecule is COc1nc(Cl)nc2c1ncn2[C@@H]1O[C@H](CO)[C@H]2OC(C)(C)OC[C@]21C. The number of methoxy groups -OCH3 is 1. The lowest BCUT2D eigenvalue weighted by Gasteiger charge is -2.45. The molecule has 4 heterocycles. The monoisotopic (exact) mass is 384 g/mol. The van der Waals surface area contributed by atoms with Gasteiger partial charge in [0.25, 0.3) is 0 Å². The third kappa shape index (κ3) is 2.57. The zero-order valence-corrected chi connectivity index (χ0v) is 15.7. The number of aromatic nitrogens is 4. The molecule has 10 heteroatoms. The van der Waals surface area contributed by atoms with Crippen LogP contribution in [0.3, 0.4) is 0 Å². The number of ether oxygens (including phenoxy) is 4. The fraction of sp³-hybridized carbons (Fsp3) is 0.688. The Labute approximate surface area is 155 Å². The van der Waals surface area contributed by atoms with E-state index in [1.54, 1.807) is 10.9 Å². The smallest absolute Gasteiger partial charge is 0.246 e. The molecule has 2 aliphatic heterocycles. The van der Waals surface area contributed by atoms with Crippen LogP contribution in [0.1, 0.15) is 27.0 Å². The van der Waals surface area contributed by atoms with E-state index in [0.717, 1.165) is 0 Å². The van der Waals surface area contributed by atoms with Gasteiger partial charge in [0, 0.05) is 0 Å². The number of rotatable bonds is 3. The van der Waals surface area contributed by atoms with Crippen molar-refractivity contribution in [3.05, 3.63) is 11.6 Å². The van der Waals surface area contributed by atoms with Crippen molar-refractivity contribution in [3.63, 3.8) is 0 Å². The summed E-state index contributed by atoms with van der Waals surface area (Å²) in [5.41, 5.74) is 0.405. The van der Waals surface area contributed by atoms with Crippen LogP contribution in [-0.2, 0) is 14.2 Å². The minimum atomic E-state index is -0.748. The fourth-order valence-corrected chi connectivity index (χ4v) is 3.85. The summed E-state index contributed by atoms with van der Waals surface area (Å²) in [6, 6.07) is 0. The van der Waals surface area contributed by atoms with Crippen LogP contribution < -0.4 is 4.74 Å². The van der Waals surface area contributed by atoms with Gasteiger partial charge in [0.05, 0.1) is 32.1 Å². The summed E-state index contributed by atoms with van der Waals surface area (Å²) >= 11 is 6.03. The normalized spacial score (nSPS) is 33.4. The van der Waals surface area contributed by atoms with Crippen molar-refractivity contribution in [1.29, 1.82) is 0 Å². The molecule has 0 amide bonds. The average molecular weight is 385 g/mol. The van der Waals surface area contributed by atoms with Crippen LogP contribution in [-0.4, -0.2) is 62.9 Å². The molecule has 2 aromatic rings. The van der Waals surface area contributed by atoms with Crippen molar-refractivity contribution in [2.24, 2.45) is 5.41 Å². The van der Waals surface area contributed by atoms with Gasteiger partial charge >= 0.3 is 0 Å². The lowest BCUT2D eigenvalue weighted by atomic mass is 9.81. The summed E-state index contributed by atoms with van der Waals surface area (Å²) in [5, 5.41) is 9.85. The van der Waals surface area contributed by atoms with Gasteiger partial charge in [0.2, 0.25) is 11.2 Å². The van der Waals surface area contributed by atoms with Crippen LogP contribution >= 0.6 is 11.6 Å². The van der Waals surface area contributed by atoms with Gasteiger partial charge in [0.15, 0.2) is 17.0 Å². The molecular formula is C16H21ClN4O5. The molecule has 0 aromatic carbocycles. The highest BCUT2D eigenvalue weighted by Crippen LogP contribution is 2.51. The first-order valence-electron chi connectivity index (χ1n) is 8.31. The third-order valence-electron chi connectivity index (χ3n) is 4.99. The van der Waals surface area contributed by atoms with Crippen molar-refractivity contribution in [2.45, 2.75) is 45.0 Å². The van der Waals surface area contributed by atoms with Crippen LogP contribution in [0, 0.1) is 5.41 Å². The highest BCUT2D eigenvalue weighted by molar-refractivity contribution is 6.28. The Morgan fingerprint density at radius 1 is 1.38 bits per heavy atom. The molecule has 0 unspecified atom stereocenters. The predicted octanol–water partition coefficient (Wildman–Crippen LogP) is 1.54. The van der Waals surface area contributed by atoms with E-state index in [2.05, 4.69) is 15.0 Å². The Morgan fingerprint density at radius 2 is 2.15 bits per heavy atom. The lowest BCUT2D eigenvalue weighted by molar-refractivity contribution is -0.314. The Kier molecular flexibility index (Phi) is 4.12. The first-order chi connectivity index (χ1) is 12.3. The van der Waals surface area contributed by atoms with Crippen molar-refractivity contribution < 1.29 is 24.1 Å². The molecule has 4 atom stereocenters. The number of hydrogen-bond donors (Lipinski definition) is 1. The average Bonchev–Trinajstić information content (AvgIpc) is 3.12. The van der Waals surface area contributed by atoms with Gasteiger partial charge in [-0.1, -0.05) is 6.92 Å². The standard InChI is InChI=1S/C16H21ClN4O5/c1-15(2)24-6-16(3)10(26-15)8(5-22)25-13(16)21-7-18-9-11(21)19-14(17)20-12(9)23-4/h7-8,10,13,22H,5-6H2,1-4H3/t8-,10-,13-,16-/m1/s1. The Bertz CT molecular complexity index is 843. The molecule has 26 heavy (non-hydrogen) atoms. The largest absolute Gasteiger partial charge is 0.479 e.